The van der Waals surface area contributed by atoms with Gasteiger partial charge < -0.3 is 15.3 Å². The number of amides is 4. The van der Waals surface area contributed by atoms with Gasteiger partial charge in [0.2, 0.25) is 0 Å². The molecular formula is C21H19Cl2N3O4. The van der Waals surface area contributed by atoms with Gasteiger partial charge >= 0.3 is 6.03 Å². The first-order valence-corrected chi connectivity index (χ1v) is 10.3. The predicted molar refractivity (Wildman–Crippen MR) is 112 cm³/mol. The maximum Gasteiger partial charge on any atom is 0.332 e. The highest BCUT2D eigenvalue weighted by atomic mass is 35.5. The van der Waals surface area contributed by atoms with Crippen LogP contribution in [-0.4, -0.2) is 46.5 Å². The number of rotatable bonds is 4. The van der Waals surface area contributed by atoms with E-state index in [0.717, 1.165) is 4.90 Å². The number of piperidine rings is 1. The Balaban J connectivity index is 1.46. The van der Waals surface area contributed by atoms with Gasteiger partial charge in [0.1, 0.15) is 6.04 Å². The van der Waals surface area contributed by atoms with Crippen LogP contribution in [0.3, 0.4) is 0 Å². The maximum absolute atomic E-state index is 13.0. The second-order valence-electron chi connectivity index (χ2n) is 7.31. The zero-order valence-corrected chi connectivity index (χ0v) is 17.3. The molecule has 7 nitrogen and oxygen atoms in total. The quantitative estimate of drug-likeness (QED) is 0.704. The number of benzene rings is 2. The third-order valence-electron chi connectivity index (χ3n) is 5.42. The number of hydrogen-bond donors (Lipinski definition) is 2. The first kappa shape index (κ1) is 20.7. The van der Waals surface area contributed by atoms with Crippen LogP contribution < -0.4 is 10.2 Å². The van der Waals surface area contributed by atoms with Gasteiger partial charge in [-0.05, 0) is 36.6 Å². The molecule has 3 unspecified atom stereocenters. The lowest BCUT2D eigenvalue weighted by Crippen LogP contribution is -2.50. The number of anilines is 1. The first-order valence-electron chi connectivity index (χ1n) is 9.50. The van der Waals surface area contributed by atoms with Crippen molar-refractivity contribution in [2.75, 3.05) is 11.4 Å². The number of hydrogen-bond acceptors (Lipinski definition) is 4. The fourth-order valence-corrected chi connectivity index (χ4v) is 4.15. The molecule has 4 amide bonds. The number of imide groups is 1. The topological polar surface area (TPSA) is 90.0 Å². The molecular weight excluding hydrogens is 429 g/mol. The second kappa shape index (κ2) is 8.26. The van der Waals surface area contributed by atoms with Gasteiger partial charge in [-0.15, -0.1) is 0 Å². The summed E-state index contributed by atoms with van der Waals surface area (Å²) in [6.07, 6.45) is -0.536. The summed E-state index contributed by atoms with van der Waals surface area (Å²) < 4.78 is 0. The molecule has 3 atom stereocenters. The van der Waals surface area contributed by atoms with Crippen molar-refractivity contribution in [1.29, 1.82) is 0 Å². The number of halogens is 2. The van der Waals surface area contributed by atoms with E-state index in [4.69, 9.17) is 23.2 Å². The molecule has 0 aliphatic carbocycles. The minimum atomic E-state index is -1.29. The molecule has 2 aromatic carbocycles. The highest BCUT2D eigenvalue weighted by Crippen LogP contribution is 2.34. The van der Waals surface area contributed by atoms with Crippen LogP contribution in [0.15, 0.2) is 48.5 Å². The maximum atomic E-state index is 13.0. The normalized spacial score (nSPS) is 22.1. The van der Waals surface area contributed by atoms with Crippen LogP contribution in [0.5, 0.6) is 0 Å². The molecule has 156 valence electrons. The predicted octanol–water partition coefficient (Wildman–Crippen LogP) is 3.14. The molecule has 9 heteroatoms. The average Bonchev–Trinajstić information content (AvgIpc) is 3.00. The van der Waals surface area contributed by atoms with Gasteiger partial charge in [-0.3, -0.25) is 9.59 Å². The monoisotopic (exact) mass is 447 g/mol. The molecule has 0 aromatic heterocycles. The summed E-state index contributed by atoms with van der Waals surface area (Å²) in [4.78, 5) is 40.8. The van der Waals surface area contributed by atoms with E-state index in [2.05, 4.69) is 5.32 Å². The van der Waals surface area contributed by atoms with E-state index in [9.17, 15) is 19.5 Å². The standard InChI is InChI=1S/C21H19Cl2N3O4/c22-15-7-6-14(11-16(15)23)26-20(29)17-10-13(8-9-25(17)21(26)30)24-19(28)18(27)12-4-2-1-3-5-12/h1-7,11,13,17-18,27H,8-10H2,(H,24,28). The zero-order valence-electron chi connectivity index (χ0n) is 15.8. The fraction of sp³-hybridized carbons (Fsp3) is 0.286. The van der Waals surface area contributed by atoms with Crippen LogP contribution in [0.1, 0.15) is 24.5 Å². The van der Waals surface area contributed by atoms with E-state index in [1.165, 1.54) is 17.0 Å². The molecule has 4 rings (SSSR count). The Labute approximate surface area is 183 Å². The highest BCUT2D eigenvalue weighted by molar-refractivity contribution is 6.42. The van der Waals surface area contributed by atoms with Gasteiger partial charge in [0.25, 0.3) is 11.8 Å². The van der Waals surface area contributed by atoms with E-state index in [1.54, 1.807) is 36.4 Å². The molecule has 2 heterocycles. The number of fused-ring (bicyclic) bond motifs is 1. The first-order chi connectivity index (χ1) is 14.4. The van der Waals surface area contributed by atoms with Crippen molar-refractivity contribution in [2.24, 2.45) is 0 Å². The number of nitrogens with one attached hydrogen (secondary N) is 1. The number of aliphatic hydroxyl groups excluding tert-OH is 1. The lowest BCUT2D eigenvalue weighted by atomic mass is 9.97. The van der Waals surface area contributed by atoms with Gasteiger partial charge in [-0.25, -0.2) is 9.69 Å². The Morgan fingerprint density at radius 1 is 1.10 bits per heavy atom. The molecule has 30 heavy (non-hydrogen) atoms. The molecule has 2 aromatic rings. The van der Waals surface area contributed by atoms with E-state index in [-0.39, 0.29) is 23.4 Å². The van der Waals surface area contributed by atoms with Gasteiger partial charge in [0.15, 0.2) is 6.10 Å². The third kappa shape index (κ3) is 3.76. The number of aliphatic hydroxyl groups is 1. The van der Waals surface area contributed by atoms with Crippen LogP contribution in [0.25, 0.3) is 0 Å². The second-order valence-corrected chi connectivity index (χ2v) is 8.12. The van der Waals surface area contributed by atoms with Crippen LogP contribution in [0.2, 0.25) is 10.0 Å². The molecule has 0 saturated carbocycles. The van der Waals surface area contributed by atoms with Gasteiger partial charge in [0, 0.05) is 12.6 Å². The SMILES string of the molecule is O=C(NC1CCN2C(=O)N(c3ccc(Cl)c(Cl)c3)C(=O)C2C1)C(O)c1ccccc1. The summed E-state index contributed by atoms with van der Waals surface area (Å²) in [5, 5.41) is 13.6. The van der Waals surface area contributed by atoms with E-state index >= 15 is 0 Å². The Morgan fingerprint density at radius 3 is 2.53 bits per heavy atom. The molecule has 0 radical (unpaired) electrons. The van der Waals surface area contributed by atoms with Crippen LogP contribution in [-0.2, 0) is 9.59 Å². The Kier molecular flexibility index (Phi) is 5.69. The minimum Gasteiger partial charge on any atom is -0.378 e. The Morgan fingerprint density at radius 2 is 1.83 bits per heavy atom. The summed E-state index contributed by atoms with van der Waals surface area (Å²) in [5.41, 5.74) is 0.847. The summed E-state index contributed by atoms with van der Waals surface area (Å²) in [7, 11) is 0. The third-order valence-corrected chi connectivity index (χ3v) is 6.16. The summed E-state index contributed by atoms with van der Waals surface area (Å²) >= 11 is 12.0. The molecule has 2 fully saturated rings. The number of urea groups is 1. The summed E-state index contributed by atoms with van der Waals surface area (Å²) in [6, 6.07) is 11.8. The number of nitrogens with zero attached hydrogens (tertiary/aromatic N) is 2. The molecule has 0 bridgehead atoms. The summed E-state index contributed by atoms with van der Waals surface area (Å²) in [6.45, 7) is 0.319. The van der Waals surface area contributed by atoms with E-state index in [0.29, 0.717) is 29.2 Å². The van der Waals surface area contributed by atoms with E-state index in [1.807, 2.05) is 0 Å². The van der Waals surface area contributed by atoms with Crippen molar-refractivity contribution in [3.05, 3.63) is 64.1 Å². The molecule has 2 N–H and O–H groups in total. The van der Waals surface area contributed by atoms with Crippen LogP contribution >= 0.6 is 23.2 Å². The molecule has 2 aliphatic heterocycles. The van der Waals surface area contributed by atoms with Gasteiger partial charge in [-0.1, -0.05) is 53.5 Å². The number of carbonyl (C=O) groups excluding carboxylic acids is 3. The van der Waals surface area contributed by atoms with Crippen molar-refractivity contribution in [1.82, 2.24) is 10.2 Å². The Bertz CT molecular complexity index is 1000. The lowest BCUT2D eigenvalue weighted by Gasteiger charge is -2.33. The van der Waals surface area contributed by atoms with Crippen molar-refractivity contribution in [3.8, 4) is 0 Å². The molecule has 0 spiro atoms. The van der Waals surface area contributed by atoms with E-state index < -0.39 is 24.1 Å². The molecule has 2 saturated heterocycles. The van der Waals surface area contributed by atoms with Crippen LogP contribution in [0, 0.1) is 0 Å². The smallest absolute Gasteiger partial charge is 0.332 e. The summed E-state index contributed by atoms with van der Waals surface area (Å²) in [5.74, 6) is -0.904. The van der Waals surface area contributed by atoms with Crippen molar-refractivity contribution in [3.63, 3.8) is 0 Å². The fourth-order valence-electron chi connectivity index (χ4n) is 3.86. The minimum absolute atomic E-state index is 0.250. The Hall–Kier alpha value is -2.61. The van der Waals surface area contributed by atoms with Crippen molar-refractivity contribution >= 4 is 46.7 Å². The lowest BCUT2D eigenvalue weighted by molar-refractivity contribution is -0.131. The number of carbonyl (C=O) groups is 3. The van der Waals surface area contributed by atoms with Crippen LogP contribution in [0.4, 0.5) is 10.5 Å². The zero-order chi connectivity index (χ0) is 21.4. The average molecular weight is 448 g/mol. The van der Waals surface area contributed by atoms with Gasteiger partial charge in [-0.2, -0.15) is 0 Å². The van der Waals surface area contributed by atoms with Crippen molar-refractivity contribution in [2.45, 2.75) is 31.0 Å². The van der Waals surface area contributed by atoms with Crippen molar-refractivity contribution < 1.29 is 19.5 Å². The molecule has 2 aliphatic rings. The van der Waals surface area contributed by atoms with Gasteiger partial charge in [0.05, 0.1) is 15.7 Å². The largest absolute Gasteiger partial charge is 0.378 e. The highest BCUT2D eigenvalue weighted by Gasteiger charge is 2.49.